The quantitative estimate of drug-likeness (QED) is 0.713. The van der Waals surface area contributed by atoms with E-state index in [2.05, 4.69) is 25.7 Å². The molecule has 1 aromatic carbocycles. The molecule has 0 unspecified atom stereocenters. The van der Waals surface area contributed by atoms with Crippen LogP contribution in [0.5, 0.6) is 0 Å². The van der Waals surface area contributed by atoms with Crippen LogP contribution in [-0.2, 0) is 6.54 Å². The highest BCUT2D eigenvalue weighted by atomic mass is 19.1. The predicted octanol–water partition coefficient (Wildman–Crippen LogP) is 3.06. The molecule has 1 nitrogen and oxygen atoms in total. The lowest BCUT2D eigenvalue weighted by Gasteiger charge is -2.24. The van der Waals surface area contributed by atoms with Crippen molar-refractivity contribution in [3.63, 3.8) is 0 Å². The second-order valence-electron chi connectivity index (χ2n) is 3.75. The van der Waals surface area contributed by atoms with Gasteiger partial charge in [-0.15, -0.1) is 0 Å². The van der Waals surface area contributed by atoms with E-state index in [1.54, 1.807) is 6.07 Å². The molecule has 0 fully saturated rings. The number of nitrogens with zero attached hydrogens (tertiary/aromatic N) is 1. The molecule has 0 heterocycles. The van der Waals surface area contributed by atoms with Gasteiger partial charge < -0.3 is 0 Å². The Labute approximate surface area is 85.5 Å². The number of hydrogen-bond acceptors (Lipinski definition) is 1. The molecular weight excluding hydrogens is 177 g/mol. The molecule has 0 saturated carbocycles. The molecule has 0 spiro atoms. The summed E-state index contributed by atoms with van der Waals surface area (Å²) in [5, 5.41) is 0. The first-order valence-electron chi connectivity index (χ1n) is 5.12. The Morgan fingerprint density at radius 3 is 2.43 bits per heavy atom. The minimum absolute atomic E-state index is 0.105. The van der Waals surface area contributed by atoms with Crippen molar-refractivity contribution in [1.29, 1.82) is 0 Å². The third-order valence-electron chi connectivity index (χ3n) is 2.47. The van der Waals surface area contributed by atoms with Crippen molar-refractivity contribution < 1.29 is 4.39 Å². The van der Waals surface area contributed by atoms with Crippen LogP contribution in [0.1, 0.15) is 26.3 Å². The Bertz CT molecular complexity index is 283. The zero-order chi connectivity index (χ0) is 10.6. The van der Waals surface area contributed by atoms with Gasteiger partial charge in [-0.25, -0.2) is 4.39 Å². The molecule has 0 saturated heterocycles. The van der Waals surface area contributed by atoms with Crippen LogP contribution in [-0.4, -0.2) is 17.5 Å². The molecule has 0 bridgehead atoms. The molecule has 0 aliphatic heterocycles. The minimum Gasteiger partial charge on any atom is -0.297 e. The van der Waals surface area contributed by atoms with Gasteiger partial charge in [-0.1, -0.05) is 25.1 Å². The Morgan fingerprint density at radius 1 is 1.29 bits per heavy atom. The van der Waals surface area contributed by atoms with Gasteiger partial charge in [-0.3, -0.25) is 4.90 Å². The first-order valence-corrected chi connectivity index (χ1v) is 5.12. The lowest BCUT2D eigenvalue weighted by Crippen LogP contribution is -2.30. The summed E-state index contributed by atoms with van der Waals surface area (Å²) in [6.07, 6.45) is 0. The lowest BCUT2D eigenvalue weighted by molar-refractivity contribution is 0.222. The maximum atomic E-state index is 13.3. The van der Waals surface area contributed by atoms with Gasteiger partial charge in [0.2, 0.25) is 0 Å². The SMILES string of the molecule is CCN(Cc1ccccc1F)C(C)C. The van der Waals surface area contributed by atoms with Crippen LogP contribution in [0.25, 0.3) is 0 Å². The normalized spacial score (nSPS) is 11.3. The van der Waals surface area contributed by atoms with Gasteiger partial charge in [-0.2, -0.15) is 0 Å². The van der Waals surface area contributed by atoms with E-state index in [4.69, 9.17) is 0 Å². The predicted molar refractivity (Wildman–Crippen MR) is 57.6 cm³/mol. The molecule has 2 heteroatoms. The molecule has 0 radical (unpaired) electrons. The zero-order valence-corrected chi connectivity index (χ0v) is 9.13. The van der Waals surface area contributed by atoms with Crippen LogP contribution < -0.4 is 0 Å². The average Bonchev–Trinajstić information content (AvgIpc) is 2.16. The summed E-state index contributed by atoms with van der Waals surface area (Å²) in [7, 11) is 0. The molecule has 1 aromatic rings. The van der Waals surface area contributed by atoms with Crippen LogP contribution in [0.3, 0.4) is 0 Å². The molecule has 1 rings (SSSR count). The van der Waals surface area contributed by atoms with E-state index in [1.165, 1.54) is 6.07 Å². The first kappa shape index (κ1) is 11.2. The van der Waals surface area contributed by atoms with E-state index in [9.17, 15) is 4.39 Å². The number of benzene rings is 1. The third kappa shape index (κ3) is 2.81. The van der Waals surface area contributed by atoms with Crippen molar-refractivity contribution >= 4 is 0 Å². The number of halogens is 1. The van der Waals surface area contributed by atoms with E-state index in [-0.39, 0.29) is 5.82 Å². The zero-order valence-electron chi connectivity index (χ0n) is 9.13. The molecule has 0 atom stereocenters. The number of hydrogen-bond donors (Lipinski definition) is 0. The third-order valence-corrected chi connectivity index (χ3v) is 2.47. The van der Waals surface area contributed by atoms with Gasteiger partial charge >= 0.3 is 0 Å². The fraction of sp³-hybridized carbons (Fsp3) is 0.500. The highest BCUT2D eigenvalue weighted by molar-refractivity contribution is 5.17. The van der Waals surface area contributed by atoms with E-state index < -0.39 is 0 Å². The smallest absolute Gasteiger partial charge is 0.127 e. The van der Waals surface area contributed by atoms with Gasteiger partial charge in [0.05, 0.1) is 0 Å². The highest BCUT2D eigenvalue weighted by Crippen LogP contribution is 2.11. The fourth-order valence-electron chi connectivity index (χ4n) is 1.50. The molecule has 0 N–H and O–H groups in total. The molecule has 78 valence electrons. The summed E-state index contributed by atoms with van der Waals surface area (Å²) in [6.45, 7) is 8.00. The summed E-state index contributed by atoms with van der Waals surface area (Å²) < 4.78 is 13.3. The van der Waals surface area contributed by atoms with E-state index >= 15 is 0 Å². The van der Waals surface area contributed by atoms with Crippen molar-refractivity contribution in [2.45, 2.75) is 33.4 Å². The largest absolute Gasteiger partial charge is 0.297 e. The monoisotopic (exact) mass is 195 g/mol. The second-order valence-corrected chi connectivity index (χ2v) is 3.75. The topological polar surface area (TPSA) is 3.24 Å². The van der Waals surface area contributed by atoms with E-state index in [0.29, 0.717) is 12.6 Å². The maximum Gasteiger partial charge on any atom is 0.127 e. The summed E-state index contributed by atoms with van der Waals surface area (Å²) in [5.74, 6) is -0.105. The van der Waals surface area contributed by atoms with Crippen molar-refractivity contribution in [2.24, 2.45) is 0 Å². The van der Waals surface area contributed by atoms with Crippen LogP contribution in [0.4, 0.5) is 4.39 Å². The minimum atomic E-state index is -0.105. The van der Waals surface area contributed by atoms with E-state index in [1.807, 2.05) is 12.1 Å². The Morgan fingerprint density at radius 2 is 1.93 bits per heavy atom. The van der Waals surface area contributed by atoms with Crippen LogP contribution in [0, 0.1) is 5.82 Å². The first-order chi connectivity index (χ1) is 6.65. The van der Waals surface area contributed by atoms with Crippen LogP contribution in [0.2, 0.25) is 0 Å². The Hall–Kier alpha value is -0.890. The van der Waals surface area contributed by atoms with Crippen molar-refractivity contribution in [3.8, 4) is 0 Å². The summed E-state index contributed by atoms with van der Waals surface area (Å²) in [5.41, 5.74) is 0.781. The Balaban J connectivity index is 2.72. The average molecular weight is 195 g/mol. The molecule has 0 amide bonds. The second kappa shape index (κ2) is 5.11. The molecule has 0 aliphatic carbocycles. The lowest BCUT2D eigenvalue weighted by atomic mass is 10.2. The summed E-state index contributed by atoms with van der Waals surface area (Å²) in [4.78, 5) is 2.23. The van der Waals surface area contributed by atoms with Crippen LogP contribution >= 0.6 is 0 Å². The highest BCUT2D eigenvalue weighted by Gasteiger charge is 2.09. The maximum absolute atomic E-state index is 13.3. The van der Waals surface area contributed by atoms with Crippen LogP contribution in [0.15, 0.2) is 24.3 Å². The molecule has 0 aromatic heterocycles. The fourth-order valence-corrected chi connectivity index (χ4v) is 1.50. The van der Waals surface area contributed by atoms with E-state index in [0.717, 1.165) is 12.1 Å². The summed E-state index contributed by atoms with van der Waals surface area (Å²) >= 11 is 0. The van der Waals surface area contributed by atoms with Gasteiger partial charge in [0.15, 0.2) is 0 Å². The number of rotatable bonds is 4. The molecule has 0 aliphatic rings. The molecule has 14 heavy (non-hydrogen) atoms. The van der Waals surface area contributed by atoms with Crippen molar-refractivity contribution in [3.05, 3.63) is 35.6 Å². The van der Waals surface area contributed by atoms with Gasteiger partial charge in [0, 0.05) is 18.2 Å². The van der Waals surface area contributed by atoms with Gasteiger partial charge in [-0.05, 0) is 26.5 Å². The van der Waals surface area contributed by atoms with Gasteiger partial charge in [0.1, 0.15) is 5.82 Å². The van der Waals surface area contributed by atoms with Crippen molar-refractivity contribution in [1.82, 2.24) is 4.90 Å². The Kier molecular flexibility index (Phi) is 4.08. The molecular formula is C12H18FN. The van der Waals surface area contributed by atoms with Gasteiger partial charge in [0.25, 0.3) is 0 Å². The standard InChI is InChI=1S/C12H18FN/c1-4-14(10(2)3)9-11-7-5-6-8-12(11)13/h5-8,10H,4,9H2,1-3H3. The summed E-state index contributed by atoms with van der Waals surface area (Å²) in [6, 6.07) is 7.43. The van der Waals surface area contributed by atoms with Crippen molar-refractivity contribution in [2.75, 3.05) is 6.54 Å².